The molecule has 0 spiro atoms. The Bertz CT molecular complexity index is 2140. The summed E-state index contributed by atoms with van der Waals surface area (Å²) in [5, 5.41) is 12.8. The maximum atomic E-state index is 14.2. The third kappa shape index (κ3) is 7.17. The van der Waals surface area contributed by atoms with Gasteiger partial charge in [0.2, 0.25) is 5.91 Å². The Balaban J connectivity index is 1.24. The zero-order valence-corrected chi connectivity index (χ0v) is 29.0. The predicted molar refractivity (Wildman–Crippen MR) is 190 cm³/mol. The Kier molecular flexibility index (Phi) is 9.61. The van der Waals surface area contributed by atoms with Crippen LogP contribution in [-0.2, 0) is 19.1 Å². The van der Waals surface area contributed by atoms with Gasteiger partial charge in [-0.1, -0.05) is 66.7 Å². The third-order valence-corrected chi connectivity index (χ3v) is 9.32. The second kappa shape index (κ2) is 14.4. The number of likely N-dealkylation sites (tertiary alicyclic amines) is 1. The van der Waals surface area contributed by atoms with Crippen molar-refractivity contribution in [2.75, 3.05) is 19.8 Å². The van der Waals surface area contributed by atoms with Gasteiger partial charge in [-0.15, -0.1) is 0 Å². The molecule has 2 aliphatic rings. The first-order valence-electron chi connectivity index (χ1n) is 17.5. The van der Waals surface area contributed by atoms with Crippen LogP contribution >= 0.6 is 0 Å². The van der Waals surface area contributed by atoms with Crippen molar-refractivity contribution in [1.29, 1.82) is 0 Å². The molecule has 0 unspecified atom stereocenters. The monoisotopic (exact) mass is 709 g/mol. The normalized spacial score (nSPS) is 17.5. The Morgan fingerprint density at radius 1 is 0.962 bits per heavy atom. The van der Waals surface area contributed by atoms with Gasteiger partial charge < -0.3 is 24.8 Å². The number of aliphatic carboxylic acids is 1. The molecule has 1 fully saturated rings. The van der Waals surface area contributed by atoms with Crippen molar-refractivity contribution < 1.29 is 35.1 Å². The second-order valence-corrected chi connectivity index (χ2v) is 13.6. The topological polar surface area (TPSA) is 166 Å². The fraction of sp³-hybridized carbons (Fsp3) is 0.333. The van der Waals surface area contributed by atoms with Gasteiger partial charge in [0.05, 0.1) is 18.2 Å². The summed E-state index contributed by atoms with van der Waals surface area (Å²) in [5.41, 5.74) is 1.41. The number of benzene rings is 3. The number of carboxylic acid groups (broad SMARTS) is 1. The summed E-state index contributed by atoms with van der Waals surface area (Å²) in [6, 6.07) is 19.6. The van der Waals surface area contributed by atoms with E-state index in [1.807, 2.05) is 48.5 Å². The van der Waals surface area contributed by atoms with Crippen molar-refractivity contribution in [1.82, 2.24) is 19.4 Å². The summed E-state index contributed by atoms with van der Waals surface area (Å²) >= 11 is 0. The lowest BCUT2D eigenvalue weighted by Gasteiger charge is -2.29. The molecule has 0 bridgehead atoms. The molecule has 0 saturated carbocycles. The van der Waals surface area contributed by atoms with E-state index in [1.165, 1.54) is 25.3 Å². The fourth-order valence-electron chi connectivity index (χ4n) is 6.81. The van der Waals surface area contributed by atoms with E-state index in [0.29, 0.717) is 4.57 Å². The van der Waals surface area contributed by atoms with E-state index in [-0.39, 0.29) is 43.5 Å². The number of hydrogen-bond acceptors (Lipinski definition) is 8. The molecule has 2 N–H and O–H groups in total. The Morgan fingerprint density at radius 2 is 1.58 bits per heavy atom. The van der Waals surface area contributed by atoms with Gasteiger partial charge in [-0.05, 0) is 62.1 Å². The van der Waals surface area contributed by atoms with E-state index in [4.69, 9.17) is 10.8 Å². The molecule has 3 atom stereocenters. The lowest BCUT2D eigenvalue weighted by Crippen LogP contribution is -2.54. The highest BCUT2D eigenvalue weighted by Crippen LogP contribution is 2.44. The number of carbonyl (C=O) groups is 4. The van der Waals surface area contributed by atoms with Crippen molar-refractivity contribution in [3.63, 3.8) is 0 Å². The summed E-state index contributed by atoms with van der Waals surface area (Å²) in [7, 11) is 0. The molecule has 13 heteroatoms. The van der Waals surface area contributed by atoms with Gasteiger partial charge in [-0.3, -0.25) is 19.0 Å². The number of nitrogens with zero attached hydrogens (tertiary/aromatic N) is 3. The average molecular weight is 710 g/mol. The number of amides is 2. The maximum Gasteiger partial charge on any atom is 0.407 e. The minimum absolute atomic E-state index is 0.0386. The molecule has 0 radical (unpaired) electrons. The number of aryl methyl sites for hydroxylation is 1. The van der Waals surface area contributed by atoms with Crippen LogP contribution in [0.15, 0.2) is 94.6 Å². The van der Waals surface area contributed by atoms with Gasteiger partial charge in [-0.2, -0.15) is 4.57 Å². The average Bonchev–Trinajstić information content (AvgIpc) is 3.74. The van der Waals surface area contributed by atoms with Crippen LogP contribution in [0.1, 0.15) is 67.5 Å². The van der Waals surface area contributed by atoms with Gasteiger partial charge in [0.1, 0.15) is 18.7 Å². The molecule has 1 aliphatic heterocycles. The molecule has 52 heavy (non-hydrogen) atoms. The maximum absolute atomic E-state index is 14.2. The van der Waals surface area contributed by atoms with E-state index in [0.717, 1.165) is 31.7 Å². The van der Waals surface area contributed by atoms with Gasteiger partial charge in [0, 0.05) is 37.6 Å². The highest BCUT2D eigenvalue weighted by atomic mass is 16.5. The largest absolute Gasteiger partial charge is 0.480 e. The van der Waals surface area contributed by atoms with Crippen molar-refractivity contribution in [2.45, 2.75) is 63.7 Å². The number of nitrogens with one attached hydrogen (secondary N) is 1. The fourth-order valence-corrected chi connectivity index (χ4v) is 6.81. The second-order valence-electron chi connectivity index (χ2n) is 13.6. The van der Waals surface area contributed by atoms with Gasteiger partial charge in [0.25, 0.3) is 11.5 Å². The van der Waals surface area contributed by atoms with Crippen LogP contribution in [0.3, 0.4) is 0 Å². The lowest BCUT2D eigenvalue weighted by molar-refractivity contribution is -0.150. The van der Waals surface area contributed by atoms with Crippen LogP contribution < -0.4 is 16.6 Å². The molecule has 3 aromatic carbocycles. The molecule has 1 aromatic heterocycles. The number of aromatic nitrogens is 2. The number of rotatable bonds is 9. The first kappa shape index (κ1) is 34.6. The summed E-state index contributed by atoms with van der Waals surface area (Å²) in [6.45, 7) is 3.81. The molecule has 13 nitrogen and oxygen atoms in total. The highest BCUT2D eigenvalue weighted by molar-refractivity contribution is 5.95. The Morgan fingerprint density at radius 3 is 2.19 bits per heavy atom. The number of carbonyl (C=O) groups excluding carboxylic acids is 3. The molecular weight excluding hydrogens is 668 g/mol. The van der Waals surface area contributed by atoms with Crippen LogP contribution in [0.5, 0.6) is 0 Å². The molecule has 4 aromatic rings. The number of ether oxygens (including phenoxy) is 2. The minimum Gasteiger partial charge on any atom is -0.480 e. The third-order valence-electron chi connectivity index (χ3n) is 9.32. The molecule has 270 valence electrons. The zero-order chi connectivity index (χ0) is 38.0. The van der Waals surface area contributed by atoms with Gasteiger partial charge >= 0.3 is 17.8 Å². The van der Waals surface area contributed by atoms with E-state index in [2.05, 4.69) is 5.32 Å². The van der Waals surface area contributed by atoms with Gasteiger partial charge in [0.15, 0.2) is 0 Å². The Hall–Kier alpha value is -5.82. The number of carboxylic acids is 1. The number of alkyl carbamates (subject to hydrolysis) is 1. The van der Waals surface area contributed by atoms with Crippen LogP contribution in [0.2, 0.25) is 0 Å². The molecule has 1 saturated heterocycles. The summed E-state index contributed by atoms with van der Waals surface area (Å²) < 4.78 is 21.0. The van der Waals surface area contributed by atoms with Crippen molar-refractivity contribution in [2.24, 2.45) is 0 Å². The van der Waals surface area contributed by atoms with Crippen molar-refractivity contribution >= 4 is 23.9 Å². The van der Waals surface area contributed by atoms with Crippen LogP contribution in [0.25, 0.3) is 11.1 Å². The summed E-state index contributed by atoms with van der Waals surface area (Å²) in [6.07, 6.45) is 0.0940. The van der Waals surface area contributed by atoms with Crippen molar-refractivity contribution in [3.05, 3.63) is 128 Å². The quantitative estimate of drug-likeness (QED) is 0.262. The smallest absolute Gasteiger partial charge is 0.407 e. The zero-order valence-electron chi connectivity index (χ0n) is 30.0. The highest BCUT2D eigenvalue weighted by Gasteiger charge is 2.44. The van der Waals surface area contributed by atoms with Crippen LogP contribution in [0.4, 0.5) is 4.79 Å². The SMILES string of the molecule is [2H]CC(C)(C)OC[C@H](NC(=O)OCC1c2ccccc2-c2ccccc21)C(=O)N1C[C@H](n2cc(C)c(=O)n(C(=O)c3ccccc3)c2=O)C[C@@H]1C(=O)O. The molecule has 6 rings (SSSR count). The summed E-state index contributed by atoms with van der Waals surface area (Å²) in [4.78, 5) is 81.2. The lowest BCUT2D eigenvalue weighted by atomic mass is 9.98. The standard InChI is InChI=1S/C39H40N4O9/c1-23-19-41(38(50)43(33(23)44)34(45)24-12-6-5-7-13-24)25-18-32(36(47)48)42(20-25)35(46)31(22-52-39(2,3)4)40-37(49)51-21-30-28-16-10-8-14-26(28)27-15-9-11-17-29(27)30/h5-17,19,25,30-32H,18,20-22H2,1-4H3,(H,40,49)(H,47,48)/t25-,31+,32-/m1/s1/i2D. The van der Waals surface area contributed by atoms with Crippen LogP contribution in [0, 0.1) is 6.92 Å². The molecule has 2 heterocycles. The number of fused-ring (bicyclic) bond motifs is 3. The molecular formula is C39H40N4O9. The van der Waals surface area contributed by atoms with E-state index < -0.39 is 65.5 Å². The minimum atomic E-state index is -1.43. The van der Waals surface area contributed by atoms with Gasteiger partial charge in [-0.25, -0.2) is 14.4 Å². The predicted octanol–water partition coefficient (Wildman–Crippen LogP) is 3.96. The van der Waals surface area contributed by atoms with E-state index >= 15 is 0 Å². The molecule has 1 aliphatic carbocycles. The molecule has 2 amide bonds. The van der Waals surface area contributed by atoms with Crippen molar-refractivity contribution in [3.8, 4) is 11.1 Å². The van der Waals surface area contributed by atoms with E-state index in [1.54, 1.807) is 32.0 Å². The first-order chi connectivity index (χ1) is 25.3. The first-order valence-corrected chi connectivity index (χ1v) is 16.8. The summed E-state index contributed by atoms with van der Waals surface area (Å²) in [5.74, 6) is -3.27. The Labute approximate surface area is 300 Å². The van der Waals surface area contributed by atoms with Crippen LogP contribution in [-0.4, -0.2) is 80.5 Å². The number of hydrogen-bond donors (Lipinski definition) is 2. The van der Waals surface area contributed by atoms with E-state index in [9.17, 15) is 33.9 Å².